The molecule has 0 aliphatic rings. The zero-order valence-electron chi connectivity index (χ0n) is 28.6. The first-order chi connectivity index (χ1) is 26.3. The molecule has 248 valence electrons. The van der Waals surface area contributed by atoms with Crippen LogP contribution >= 0.6 is 0 Å². The predicted molar refractivity (Wildman–Crippen MR) is 216 cm³/mol. The van der Waals surface area contributed by atoms with Crippen molar-refractivity contribution >= 4 is 27.6 Å². The first-order valence-corrected chi connectivity index (χ1v) is 17.7. The Morgan fingerprint density at radius 3 is 1.40 bits per heavy atom. The van der Waals surface area contributed by atoms with Gasteiger partial charge in [-0.3, -0.25) is 4.40 Å². The smallest absolute Gasteiger partial charge is 0.165 e. The van der Waals surface area contributed by atoms with Gasteiger partial charge in [0.15, 0.2) is 11.5 Å². The lowest BCUT2D eigenvalue weighted by Crippen LogP contribution is -2.00. The molecule has 0 saturated heterocycles. The molecule has 5 heteroatoms. The monoisotopic (exact) mass is 677 g/mol. The molecule has 10 aromatic rings. The topological polar surface area (TPSA) is 56.0 Å². The molecule has 0 spiro atoms. The molecule has 0 aliphatic heterocycles. The Balaban J connectivity index is 1.04. The van der Waals surface area contributed by atoms with Gasteiger partial charge in [-0.2, -0.15) is 0 Å². The van der Waals surface area contributed by atoms with Crippen molar-refractivity contribution in [1.82, 2.24) is 24.3 Å². The predicted octanol–water partition coefficient (Wildman–Crippen LogP) is 11.8. The summed E-state index contributed by atoms with van der Waals surface area (Å²) in [4.78, 5) is 20.6. The zero-order chi connectivity index (χ0) is 35.1. The maximum absolute atomic E-state index is 5.26. The molecule has 0 unspecified atom stereocenters. The molecule has 0 bridgehead atoms. The molecule has 10 rings (SSSR count). The number of hydrogen-bond donors (Lipinski definition) is 0. The molecule has 6 aromatic carbocycles. The fourth-order valence-electron chi connectivity index (χ4n) is 7.26. The third-order valence-electron chi connectivity index (χ3n) is 9.86. The van der Waals surface area contributed by atoms with E-state index in [0.29, 0.717) is 5.82 Å². The van der Waals surface area contributed by atoms with Crippen molar-refractivity contribution in [3.63, 3.8) is 0 Å². The van der Waals surface area contributed by atoms with Gasteiger partial charge in [-0.05, 0) is 28.8 Å². The number of pyridine rings is 2. The van der Waals surface area contributed by atoms with Crippen molar-refractivity contribution in [2.24, 2.45) is 0 Å². The highest BCUT2D eigenvalue weighted by Crippen LogP contribution is 2.40. The average Bonchev–Trinajstić information content (AvgIpc) is 3.63. The summed E-state index contributed by atoms with van der Waals surface area (Å²) >= 11 is 0. The van der Waals surface area contributed by atoms with Crippen LogP contribution < -0.4 is 0 Å². The Bertz CT molecular complexity index is 2840. The van der Waals surface area contributed by atoms with Gasteiger partial charge >= 0.3 is 0 Å². The maximum atomic E-state index is 5.26. The minimum atomic E-state index is 0.685. The van der Waals surface area contributed by atoms with E-state index in [1.807, 2.05) is 42.6 Å². The molecule has 0 radical (unpaired) electrons. The lowest BCUT2D eigenvalue weighted by molar-refractivity contribution is 1.18. The molecule has 5 nitrogen and oxygen atoms in total. The molecule has 0 aliphatic carbocycles. The van der Waals surface area contributed by atoms with Gasteiger partial charge in [-0.1, -0.05) is 170 Å². The summed E-state index contributed by atoms with van der Waals surface area (Å²) in [7, 11) is 0. The van der Waals surface area contributed by atoms with Gasteiger partial charge in [0.25, 0.3) is 0 Å². The second-order valence-corrected chi connectivity index (χ2v) is 13.1. The normalized spacial score (nSPS) is 11.4. The van der Waals surface area contributed by atoms with E-state index in [2.05, 4.69) is 150 Å². The number of benzene rings is 6. The van der Waals surface area contributed by atoms with Crippen LogP contribution in [0, 0.1) is 0 Å². The molecule has 0 N–H and O–H groups in total. The van der Waals surface area contributed by atoms with E-state index < -0.39 is 0 Å². The third-order valence-corrected chi connectivity index (χ3v) is 9.86. The van der Waals surface area contributed by atoms with Gasteiger partial charge in [0, 0.05) is 44.8 Å². The Morgan fingerprint density at radius 2 is 0.792 bits per heavy atom. The summed E-state index contributed by atoms with van der Waals surface area (Å²) in [6, 6.07) is 62.9. The number of nitrogens with zero attached hydrogens (tertiary/aromatic N) is 5. The number of rotatable bonds is 6. The van der Waals surface area contributed by atoms with E-state index in [9.17, 15) is 0 Å². The van der Waals surface area contributed by atoms with Crippen LogP contribution in [0.25, 0.3) is 95.0 Å². The minimum Gasteiger partial charge on any atom is -0.284 e. The standard InChI is InChI=1S/C48H31N5/c1-4-14-34(15-5-1)42-44(35-16-6-2-7-17-35)50-47(51-45(42)36-18-8-3-9-19-36)38-29-25-33(26-30-38)32-23-27-37(28-24-32)43-39-20-10-11-21-40(39)46-48(52-43)53-31-13-12-22-41(53)49-46/h1-31H. The van der Waals surface area contributed by atoms with Gasteiger partial charge in [0.05, 0.1) is 17.1 Å². The SMILES string of the molecule is c1ccc(-c2nc(-c3ccc(-c4ccc(-c5nc6c(nc7ccccn76)c6ccccc56)cc4)cc3)nc(-c3ccccc3)c2-c2ccccc2)cc1. The van der Waals surface area contributed by atoms with Crippen LogP contribution in [0.5, 0.6) is 0 Å². The van der Waals surface area contributed by atoms with Gasteiger partial charge in [-0.15, -0.1) is 0 Å². The van der Waals surface area contributed by atoms with Crippen molar-refractivity contribution in [2.75, 3.05) is 0 Å². The summed E-state index contributed by atoms with van der Waals surface area (Å²) < 4.78 is 2.06. The van der Waals surface area contributed by atoms with E-state index >= 15 is 0 Å². The lowest BCUT2D eigenvalue weighted by atomic mass is 9.94. The van der Waals surface area contributed by atoms with Crippen LogP contribution in [-0.4, -0.2) is 24.3 Å². The largest absolute Gasteiger partial charge is 0.284 e. The van der Waals surface area contributed by atoms with Crippen LogP contribution in [0.3, 0.4) is 0 Å². The Labute approximate surface area is 306 Å². The lowest BCUT2D eigenvalue weighted by Gasteiger charge is -2.17. The summed E-state index contributed by atoms with van der Waals surface area (Å²) in [5.74, 6) is 0.685. The van der Waals surface area contributed by atoms with Crippen molar-refractivity contribution < 1.29 is 0 Å². The molecule has 53 heavy (non-hydrogen) atoms. The van der Waals surface area contributed by atoms with Gasteiger partial charge < -0.3 is 0 Å². The number of fused-ring (bicyclic) bond motifs is 5. The van der Waals surface area contributed by atoms with E-state index in [0.717, 1.165) is 89.2 Å². The molecule has 0 amide bonds. The first kappa shape index (κ1) is 30.6. The van der Waals surface area contributed by atoms with Gasteiger partial charge in [-0.25, -0.2) is 19.9 Å². The third kappa shape index (κ3) is 5.43. The van der Waals surface area contributed by atoms with Crippen LogP contribution in [0.1, 0.15) is 0 Å². The molecular formula is C48H31N5. The Morgan fingerprint density at radius 1 is 0.321 bits per heavy atom. The molecular weight excluding hydrogens is 647 g/mol. The van der Waals surface area contributed by atoms with Crippen molar-refractivity contribution in [3.8, 4) is 67.4 Å². The summed E-state index contributed by atoms with van der Waals surface area (Å²) in [5.41, 5.74) is 13.9. The number of hydrogen-bond acceptors (Lipinski definition) is 4. The highest BCUT2D eigenvalue weighted by molar-refractivity contribution is 6.09. The second kappa shape index (κ2) is 12.8. The zero-order valence-corrected chi connectivity index (χ0v) is 28.6. The van der Waals surface area contributed by atoms with Gasteiger partial charge in [0.1, 0.15) is 11.2 Å². The quantitative estimate of drug-likeness (QED) is 0.176. The van der Waals surface area contributed by atoms with E-state index in [4.69, 9.17) is 19.9 Å². The fourth-order valence-corrected chi connectivity index (χ4v) is 7.26. The van der Waals surface area contributed by atoms with E-state index in [-0.39, 0.29) is 0 Å². The van der Waals surface area contributed by atoms with Crippen LogP contribution in [0.2, 0.25) is 0 Å². The summed E-state index contributed by atoms with van der Waals surface area (Å²) in [5, 5.41) is 2.18. The Hall–Kier alpha value is -7.24. The fraction of sp³-hybridized carbons (Fsp3) is 0. The van der Waals surface area contributed by atoms with Crippen LogP contribution in [0.15, 0.2) is 188 Å². The van der Waals surface area contributed by atoms with E-state index in [1.165, 1.54) is 0 Å². The molecule has 4 heterocycles. The molecule has 0 saturated carbocycles. The van der Waals surface area contributed by atoms with Crippen molar-refractivity contribution in [3.05, 3.63) is 188 Å². The minimum absolute atomic E-state index is 0.685. The van der Waals surface area contributed by atoms with Crippen molar-refractivity contribution in [2.45, 2.75) is 0 Å². The van der Waals surface area contributed by atoms with Crippen LogP contribution in [-0.2, 0) is 0 Å². The van der Waals surface area contributed by atoms with E-state index in [1.54, 1.807) is 0 Å². The summed E-state index contributed by atoms with van der Waals surface area (Å²) in [6.07, 6.45) is 2.02. The average molecular weight is 678 g/mol. The highest BCUT2D eigenvalue weighted by atomic mass is 15.1. The number of imidazole rings is 1. The molecule has 0 fully saturated rings. The highest BCUT2D eigenvalue weighted by Gasteiger charge is 2.20. The molecule has 0 atom stereocenters. The number of aromatic nitrogens is 5. The van der Waals surface area contributed by atoms with Crippen LogP contribution in [0.4, 0.5) is 0 Å². The summed E-state index contributed by atoms with van der Waals surface area (Å²) in [6.45, 7) is 0. The second-order valence-electron chi connectivity index (χ2n) is 13.1. The first-order valence-electron chi connectivity index (χ1n) is 17.7. The Kier molecular flexibility index (Phi) is 7.40. The molecule has 4 aromatic heterocycles. The van der Waals surface area contributed by atoms with Gasteiger partial charge in [0.2, 0.25) is 0 Å². The maximum Gasteiger partial charge on any atom is 0.165 e. The van der Waals surface area contributed by atoms with Crippen molar-refractivity contribution in [1.29, 1.82) is 0 Å².